The molecule has 0 aromatic heterocycles. The Morgan fingerprint density at radius 2 is 1.82 bits per heavy atom. The largest absolute Gasteiger partial charge is 0.340 e. The second-order valence-electron chi connectivity index (χ2n) is 6.43. The van der Waals surface area contributed by atoms with Crippen molar-refractivity contribution in [3.63, 3.8) is 0 Å². The van der Waals surface area contributed by atoms with Crippen LogP contribution in [0.1, 0.15) is 32.3 Å². The van der Waals surface area contributed by atoms with E-state index in [-0.39, 0.29) is 0 Å². The SMILES string of the molecule is CC(C)CCC(=O)N1CCN(C/C=C/c2ccccc2)CC1. The van der Waals surface area contributed by atoms with E-state index >= 15 is 0 Å². The van der Waals surface area contributed by atoms with Gasteiger partial charge in [0.15, 0.2) is 0 Å². The van der Waals surface area contributed by atoms with Gasteiger partial charge in [0, 0.05) is 39.1 Å². The first-order valence-corrected chi connectivity index (χ1v) is 8.37. The molecule has 120 valence electrons. The van der Waals surface area contributed by atoms with Crippen molar-refractivity contribution in [1.29, 1.82) is 0 Å². The molecule has 3 nitrogen and oxygen atoms in total. The van der Waals surface area contributed by atoms with Crippen LogP contribution in [0, 0.1) is 5.92 Å². The number of carbonyl (C=O) groups excluding carboxylic acids is 1. The molecule has 1 aromatic rings. The smallest absolute Gasteiger partial charge is 0.222 e. The molecule has 2 rings (SSSR count). The second-order valence-corrected chi connectivity index (χ2v) is 6.43. The number of hydrogen-bond donors (Lipinski definition) is 0. The highest BCUT2D eigenvalue weighted by atomic mass is 16.2. The average Bonchev–Trinajstić information content (AvgIpc) is 2.54. The first-order valence-electron chi connectivity index (χ1n) is 8.37. The Bertz CT molecular complexity index is 473. The molecule has 0 saturated carbocycles. The maximum absolute atomic E-state index is 12.1. The lowest BCUT2D eigenvalue weighted by atomic mass is 10.1. The summed E-state index contributed by atoms with van der Waals surface area (Å²) in [5, 5.41) is 0. The highest BCUT2D eigenvalue weighted by Crippen LogP contribution is 2.09. The van der Waals surface area contributed by atoms with Gasteiger partial charge in [-0.1, -0.05) is 56.3 Å². The van der Waals surface area contributed by atoms with Crippen LogP contribution in [0.5, 0.6) is 0 Å². The van der Waals surface area contributed by atoms with Gasteiger partial charge >= 0.3 is 0 Å². The standard InChI is InChI=1S/C19H28N2O/c1-17(2)10-11-19(22)21-15-13-20(14-16-21)12-6-9-18-7-4-3-5-8-18/h3-9,17H,10-16H2,1-2H3/b9-6+. The van der Waals surface area contributed by atoms with Crippen LogP contribution in [0.25, 0.3) is 6.08 Å². The predicted octanol–water partition coefficient (Wildman–Crippen LogP) is 3.28. The quantitative estimate of drug-likeness (QED) is 0.805. The van der Waals surface area contributed by atoms with Crippen molar-refractivity contribution in [1.82, 2.24) is 9.80 Å². The lowest BCUT2D eigenvalue weighted by Gasteiger charge is -2.34. The van der Waals surface area contributed by atoms with Crippen molar-refractivity contribution < 1.29 is 4.79 Å². The van der Waals surface area contributed by atoms with Crippen molar-refractivity contribution in [2.75, 3.05) is 32.7 Å². The van der Waals surface area contributed by atoms with E-state index in [9.17, 15) is 4.79 Å². The number of benzene rings is 1. The Morgan fingerprint density at radius 1 is 1.14 bits per heavy atom. The van der Waals surface area contributed by atoms with Crippen LogP contribution in [0.3, 0.4) is 0 Å². The Hall–Kier alpha value is -1.61. The van der Waals surface area contributed by atoms with Crippen LogP contribution in [0.2, 0.25) is 0 Å². The molecular formula is C19H28N2O. The Labute approximate surface area is 134 Å². The van der Waals surface area contributed by atoms with E-state index in [1.807, 2.05) is 11.0 Å². The van der Waals surface area contributed by atoms with Crippen molar-refractivity contribution >= 4 is 12.0 Å². The molecule has 0 aliphatic carbocycles. The third kappa shape index (κ3) is 5.64. The fraction of sp³-hybridized carbons (Fsp3) is 0.526. The summed E-state index contributed by atoms with van der Waals surface area (Å²) in [6.45, 7) is 9.00. The van der Waals surface area contributed by atoms with Gasteiger partial charge in [-0.15, -0.1) is 0 Å². The number of piperazine rings is 1. The molecule has 22 heavy (non-hydrogen) atoms. The molecule has 1 heterocycles. The van der Waals surface area contributed by atoms with Gasteiger partial charge in [0.2, 0.25) is 5.91 Å². The highest BCUT2D eigenvalue weighted by molar-refractivity contribution is 5.76. The highest BCUT2D eigenvalue weighted by Gasteiger charge is 2.20. The zero-order chi connectivity index (χ0) is 15.8. The van der Waals surface area contributed by atoms with Gasteiger partial charge in [0.25, 0.3) is 0 Å². The second kappa shape index (κ2) is 8.74. The fourth-order valence-corrected chi connectivity index (χ4v) is 2.65. The van der Waals surface area contributed by atoms with Crippen molar-refractivity contribution in [3.05, 3.63) is 42.0 Å². The number of hydrogen-bond acceptors (Lipinski definition) is 2. The molecule has 1 aliphatic heterocycles. The predicted molar refractivity (Wildman–Crippen MR) is 92.6 cm³/mol. The molecule has 1 aliphatic rings. The van der Waals surface area contributed by atoms with E-state index in [2.05, 4.69) is 55.2 Å². The summed E-state index contributed by atoms with van der Waals surface area (Å²) in [6.07, 6.45) is 6.08. The van der Waals surface area contributed by atoms with E-state index in [4.69, 9.17) is 0 Å². The number of nitrogens with zero attached hydrogens (tertiary/aromatic N) is 2. The van der Waals surface area contributed by atoms with Crippen molar-refractivity contribution in [3.8, 4) is 0 Å². The maximum Gasteiger partial charge on any atom is 0.222 e. The average molecular weight is 300 g/mol. The molecule has 0 bridgehead atoms. The van der Waals surface area contributed by atoms with E-state index in [0.29, 0.717) is 18.2 Å². The minimum atomic E-state index is 0.327. The summed E-state index contributed by atoms with van der Waals surface area (Å²) >= 11 is 0. The molecule has 1 amide bonds. The number of rotatable bonds is 6. The molecule has 1 aromatic carbocycles. The first kappa shape index (κ1) is 16.8. The molecular weight excluding hydrogens is 272 g/mol. The zero-order valence-corrected chi connectivity index (χ0v) is 13.9. The normalized spacial score (nSPS) is 16.6. The van der Waals surface area contributed by atoms with Gasteiger partial charge in [-0.3, -0.25) is 9.69 Å². The van der Waals surface area contributed by atoms with Crippen LogP contribution >= 0.6 is 0 Å². The zero-order valence-electron chi connectivity index (χ0n) is 13.9. The minimum absolute atomic E-state index is 0.327. The summed E-state index contributed by atoms with van der Waals surface area (Å²) in [5.74, 6) is 0.932. The molecule has 3 heteroatoms. The van der Waals surface area contributed by atoms with Crippen LogP contribution in [0.4, 0.5) is 0 Å². The molecule has 0 atom stereocenters. The summed E-state index contributed by atoms with van der Waals surface area (Å²) in [6, 6.07) is 10.4. The molecule has 0 spiro atoms. The van der Waals surface area contributed by atoms with Crippen molar-refractivity contribution in [2.45, 2.75) is 26.7 Å². The topological polar surface area (TPSA) is 23.6 Å². The summed E-state index contributed by atoms with van der Waals surface area (Å²) in [4.78, 5) is 16.5. The molecule has 1 fully saturated rings. The third-order valence-corrected chi connectivity index (χ3v) is 4.13. The Kier molecular flexibility index (Phi) is 6.66. The molecule has 0 radical (unpaired) electrons. The van der Waals surface area contributed by atoms with Gasteiger partial charge in [-0.05, 0) is 17.9 Å². The summed E-state index contributed by atoms with van der Waals surface area (Å²) in [7, 11) is 0. The first-order chi connectivity index (χ1) is 10.6. The number of amides is 1. The molecule has 0 N–H and O–H groups in total. The number of carbonyl (C=O) groups is 1. The van der Waals surface area contributed by atoms with Crippen molar-refractivity contribution in [2.24, 2.45) is 5.92 Å². The van der Waals surface area contributed by atoms with Gasteiger partial charge in [-0.2, -0.15) is 0 Å². The fourth-order valence-electron chi connectivity index (χ4n) is 2.65. The van der Waals surface area contributed by atoms with Gasteiger partial charge in [0.05, 0.1) is 0 Å². The van der Waals surface area contributed by atoms with E-state index < -0.39 is 0 Å². The van der Waals surface area contributed by atoms with E-state index in [1.54, 1.807) is 0 Å². The Balaban J connectivity index is 1.69. The van der Waals surface area contributed by atoms with Crippen LogP contribution in [-0.2, 0) is 4.79 Å². The van der Waals surface area contributed by atoms with Crippen LogP contribution < -0.4 is 0 Å². The Morgan fingerprint density at radius 3 is 2.45 bits per heavy atom. The van der Waals surface area contributed by atoms with Gasteiger partial charge < -0.3 is 4.90 Å². The van der Waals surface area contributed by atoms with Crippen LogP contribution in [-0.4, -0.2) is 48.4 Å². The summed E-state index contributed by atoms with van der Waals surface area (Å²) in [5.41, 5.74) is 1.24. The van der Waals surface area contributed by atoms with E-state index in [0.717, 1.165) is 39.1 Å². The summed E-state index contributed by atoms with van der Waals surface area (Å²) < 4.78 is 0. The lowest BCUT2D eigenvalue weighted by Crippen LogP contribution is -2.48. The third-order valence-electron chi connectivity index (χ3n) is 4.13. The lowest BCUT2D eigenvalue weighted by molar-refractivity contribution is -0.133. The van der Waals surface area contributed by atoms with Crippen LogP contribution in [0.15, 0.2) is 36.4 Å². The monoisotopic (exact) mass is 300 g/mol. The van der Waals surface area contributed by atoms with Gasteiger partial charge in [0.1, 0.15) is 0 Å². The maximum atomic E-state index is 12.1. The van der Waals surface area contributed by atoms with E-state index in [1.165, 1.54) is 5.56 Å². The van der Waals surface area contributed by atoms with Gasteiger partial charge in [-0.25, -0.2) is 0 Å². The molecule has 0 unspecified atom stereocenters. The molecule has 1 saturated heterocycles. The minimum Gasteiger partial charge on any atom is -0.340 e.